The lowest BCUT2D eigenvalue weighted by molar-refractivity contribution is -0.137. The smallest absolute Gasteiger partial charge is 0.303 e. The largest absolute Gasteiger partial charge is 0.481 e. The number of hydrogen-bond acceptors (Lipinski definition) is 5. The molecule has 3 fully saturated rings. The number of allylic oxidation sites excluding steroid dienone is 1. The Labute approximate surface area is 194 Å². The van der Waals surface area contributed by atoms with Crippen molar-refractivity contribution < 1.29 is 24.1 Å². The third kappa shape index (κ3) is 6.55. The first kappa shape index (κ1) is 25.7. The molecule has 6 atom stereocenters. The molecule has 0 amide bonds. The van der Waals surface area contributed by atoms with Crippen LogP contribution < -0.4 is 5.32 Å². The van der Waals surface area contributed by atoms with Gasteiger partial charge in [-0.05, 0) is 59.4 Å². The summed E-state index contributed by atoms with van der Waals surface area (Å²) in [6, 6.07) is 0.348. The molecule has 1 saturated carbocycles. The normalized spacial score (nSPS) is 35.6. The Balaban J connectivity index is 1.40. The van der Waals surface area contributed by atoms with E-state index in [0.29, 0.717) is 12.5 Å². The maximum Gasteiger partial charge on any atom is 0.303 e. The van der Waals surface area contributed by atoms with E-state index >= 15 is 0 Å². The molecule has 1 spiro atoms. The van der Waals surface area contributed by atoms with Crippen molar-refractivity contribution >= 4 is 5.97 Å². The van der Waals surface area contributed by atoms with Crippen LogP contribution in [0.5, 0.6) is 0 Å². The topological polar surface area (TPSA) is 83.6 Å². The van der Waals surface area contributed by atoms with Gasteiger partial charge in [0.15, 0.2) is 0 Å². The second-order valence-electron chi connectivity index (χ2n) is 10.6. The van der Waals surface area contributed by atoms with Gasteiger partial charge in [-0.3, -0.25) is 4.79 Å². The summed E-state index contributed by atoms with van der Waals surface area (Å²) in [5.41, 5.74) is 1.13. The van der Waals surface area contributed by atoms with E-state index in [1.165, 1.54) is 31.3 Å². The number of epoxide rings is 2. The maximum absolute atomic E-state index is 10.5. The minimum atomic E-state index is -0.680. The Kier molecular flexibility index (Phi) is 9.19. The van der Waals surface area contributed by atoms with Crippen LogP contribution in [0.4, 0.5) is 0 Å². The zero-order valence-corrected chi connectivity index (χ0v) is 20.7. The third-order valence-electron chi connectivity index (χ3n) is 7.77. The summed E-state index contributed by atoms with van der Waals surface area (Å²) in [6.07, 6.45) is 13.9. The molecule has 6 nitrogen and oxygen atoms in total. The average Bonchev–Trinajstić information content (AvgIpc) is 3.65. The van der Waals surface area contributed by atoms with Gasteiger partial charge in [-0.2, -0.15) is 0 Å². The fraction of sp³-hybridized carbons (Fsp3) is 0.885. The summed E-state index contributed by atoms with van der Waals surface area (Å²) in [6.45, 7) is 8.40. The Morgan fingerprint density at radius 2 is 1.81 bits per heavy atom. The molecule has 0 unspecified atom stereocenters. The third-order valence-corrected chi connectivity index (χ3v) is 7.77. The second kappa shape index (κ2) is 11.5. The maximum atomic E-state index is 10.5. The standard InChI is InChI=1S/C26H45NO5/c1-19(2)13-14-21-25(3,32-21)24-23(30-4)20(15-16-26(24)18-31-26)27-17-11-9-7-5-6-8-10-12-22(28)29/h13,20-21,23-24,27H,5-12,14-18H2,1-4H3,(H,28,29)/t20-,21-,23-,24-,25+,26+/m1/s1. The van der Waals surface area contributed by atoms with Gasteiger partial charge in [-0.25, -0.2) is 0 Å². The molecule has 0 aromatic carbocycles. The van der Waals surface area contributed by atoms with Crippen LogP contribution in [-0.2, 0) is 19.0 Å². The van der Waals surface area contributed by atoms with Crippen LogP contribution in [0.3, 0.4) is 0 Å². The lowest BCUT2D eigenvalue weighted by Crippen LogP contribution is -2.58. The molecule has 3 rings (SSSR count). The minimum Gasteiger partial charge on any atom is -0.481 e. The summed E-state index contributed by atoms with van der Waals surface area (Å²) >= 11 is 0. The zero-order chi connectivity index (χ0) is 23.2. The first-order valence-electron chi connectivity index (χ1n) is 12.8. The van der Waals surface area contributed by atoms with Crippen LogP contribution in [0.1, 0.15) is 91.4 Å². The Morgan fingerprint density at radius 1 is 1.16 bits per heavy atom. The number of unbranched alkanes of at least 4 members (excludes halogenated alkanes) is 6. The van der Waals surface area contributed by atoms with E-state index in [1.54, 1.807) is 0 Å². The highest BCUT2D eigenvalue weighted by Gasteiger charge is 2.71. The fourth-order valence-electron chi connectivity index (χ4n) is 5.78. The number of carboxylic acids is 1. The Bertz CT molecular complexity index is 642. The molecule has 32 heavy (non-hydrogen) atoms. The van der Waals surface area contributed by atoms with Gasteiger partial charge < -0.3 is 24.6 Å². The second-order valence-corrected chi connectivity index (χ2v) is 10.6. The molecule has 2 saturated heterocycles. The molecular formula is C26H45NO5. The number of aliphatic carboxylic acids is 1. The van der Waals surface area contributed by atoms with E-state index in [-0.39, 0.29) is 29.3 Å². The van der Waals surface area contributed by atoms with Gasteiger partial charge in [-0.15, -0.1) is 0 Å². The Morgan fingerprint density at radius 3 is 2.41 bits per heavy atom. The summed E-state index contributed by atoms with van der Waals surface area (Å²) in [4.78, 5) is 10.5. The highest BCUT2D eigenvalue weighted by atomic mass is 16.6. The molecule has 0 aromatic rings. The van der Waals surface area contributed by atoms with E-state index in [2.05, 4.69) is 32.2 Å². The molecule has 2 N–H and O–H groups in total. The predicted octanol–water partition coefficient (Wildman–Crippen LogP) is 4.86. The zero-order valence-electron chi connectivity index (χ0n) is 20.7. The van der Waals surface area contributed by atoms with E-state index in [1.807, 2.05) is 7.11 Å². The molecule has 0 bridgehead atoms. The van der Waals surface area contributed by atoms with Gasteiger partial charge in [0.1, 0.15) is 5.60 Å². The van der Waals surface area contributed by atoms with E-state index in [0.717, 1.165) is 51.7 Å². The molecule has 6 heteroatoms. The lowest BCUT2D eigenvalue weighted by Gasteiger charge is -2.43. The van der Waals surface area contributed by atoms with Crippen molar-refractivity contribution in [3.63, 3.8) is 0 Å². The summed E-state index contributed by atoms with van der Waals surface area (Å²) in [5, 5.41) is 12.5. The number of nitrogens with one attached hydrogen (secondary N) is 1. The first-order chi connectivity index (χ1) is 15.3. The van der Waals surface area contributed by atoms with E-state index in [4.69, 9.17) is 19.3 Å². The molecule has 2 aliphatic heterocycles. The summed E-state index contributed by atoms with van der Waals surface area (Å²) < 4.78 is 18.4. The van der Waals surface area contributed by atoms with Crippen LogP contribution in [0.15, 0.2) is 11.6 Å². The van der Waals surface area contributed by atoms with Gasteiger partial charge in [-0.1, -0.05) is 43.8 Å². The van der Waals surface area contributed by atoms with Crippen molar-refractivity contribution in [2.45, 2.75) is 121 Å². The van der Waals surface area contributed by atoms with Gasteiger partial charge in [0.05, 0.1) is 24.4 Å². The van der Waals surface area contributed by atoms with E-state index in [9.17, 15) is 4.79 Å². The van der Waals surface area contributed by atoms with Crippen LogP contribution in [-0.4, -0.2) is 60.8 Å². The van der Waals surface area contributed by atoms with Crippen molar-refractivity contribution in [2.75, 3.05) is 20.3 Å². The average molecular weight is 452 g/mol. The number of ether oxygens (including phenoxy) is 3. The van der Waals surface area contributed by atoms with Crippen LogP contribution in [0.25, 0.3) is 0 Å². The van der Waals surface area contributed by atoms with Crippen LogP contribution in [0.2, 0.25) is 0 Å². The number of hydrogen-bond donors (Lipinski definition) is 2. The quantitative estimate of drug-likeness (QED) is 0.210. The molecular weight excluding hydrogens is 406 g/mol. The van der Waals surface area contributed by atoms with Crippen molar-refractivity contribution in [1.29, 1.82) is 0 Å². The van der Waals surface area contributed by atoms with Crippen LogP contribution in [0, 0.1) is 5.92 Å². The molecule has 0 radical (unpaired) electrons. The highest BCUT2D eigenvalue weighted by Crippen LogP contribution is 2.59. The number of methoxy groups -OCH3 is 1. The van der Waals surface area contributed by atoms with Crippen molar-refractivity contribution in [2.24, 2.45) is 5.92 Å². The lowest BCUT2D eigenvalue weighted by atomic mass is 9.67. The SMILES string of the molecule is CO[C@@H]1[C@H](NCCCCCCCCCC(=O)O)CC[C@]2(CO2)[C@H]1[C@@]1(C)O[C@@H]1CC=C(C)C. The molecule has 3 aliphatic rings. The first-order valence-corrected chi connectivity index (χ1v) is 12.8. The van der Waals surface area contributed by atoms with Crippen molar-refractivity contribution in [1.82, 2.24) is 5.32 Å². The minimum absolute atomic E-state index is 0.0476. The number of carboxylic acid groups (broad SMARTS) is 1. The summed E-state index contributed by atoms with van der Waals surface area (Å²) in [7, 11) is 1.84. The molecule has 0 aromatic heterocycles. The van der Waals surface area contributed by atoms with Gasteiger partial charge in [0.25, 0.3) is 0 Å². The van der Waals surface area contributed by atoms with Crippen molar-refractivity contribution in [3.8, 4) is 0 Å². The Hall–Kier alpha value is -0.950. The fourth-order valence-corrected chi connectivity index (χ4v) is 5.78. The van der Waals surface area contributed by atoms with E-state index < -0.39 is 5.97 Å². The molecule has 2 heterocycles. The van der Waals surface area contributed by atoms with Gasteiger partial charge in [0.2, 0.25) is 0 Å². The highest BCUT2D eigenvalue weighted by molar-refractivity contribution is 5.66. The monoisotopic (exact) mass is 451 g/mol. The van der Waals surface area contributed by atoms with Crippen molar-refractivity contribution in [3.05, 3.63) is 11.6 Å². The van der Waals surface area contributed by atoms with Gasteiger partial charge >= 0.3 is 5.97 Å². The molecule has 1 aliphatic carbocycles. The number of carbonyl (C=O) groups is 1. The molecule has 184 valence electrons. The predicted molar refractivity (Wildman–Crippen MR) is 126 cm³/mol. The summed E-state index contributed by atoms with van der Waals surface area (Å²) in [5.74, 6) is -0.409. The van der Waals surface area contributed by atoms with Gasteiger partial charge in [0, 0.05) is 25.5 Å². The van der Waals surface area contributed by atoms with Crippen LogP contribution >= 0.6 is 0 Å². The number of rotatable bonds is 15.